The highest BCUT2D eigenvalue weighted by Gasteiger charge is 2.26. The first-order valence-electron chi connectivity index (χ1n) is 9.28. The maximum atomic E-state index is 6.32. The quantitative estimate of drug-likeness (QED) is 0.700. The van der Waals surface area contributed by atoms with Crippen LogP contribution in [0.1, 0.15) is 69.7 Å². The summed E-state index contributed by atoms with van der Waals surface area (Å²) in [5.41, 5.74) is 15.3. The lowest BCUT2D eigenvalue weighted by Crippen LogP contribution is -2.38. The van der Waals surface area contributed by atoms with Gasteiger partial charge < -0.3 is 11.1 Å². The molecule has 3 N–H and O–H groups in total. The molecule has 1 aliphatic rings. The lowest BCUT2D eigenvalue weighted by atomic mass is 9.77. The largest absolute Gasteiger partial charge is 0.325 e. The van der Waals surface area contributed by atoms with E-state index in [9.17, 15) is 0 Å². The molecule has 2 rings (SSSR count). The summed E-state index contributed by atoms with van der Waals surface area (Å²) < 4.78 is 0. The van der Waals surface area contributed by atoms with E-state index in [-0.39, 0.29) is 5.54 Å². The van der Waals surface area contributed by atoms with Gasteiger partial charge in [-0.25, -0.2) is 0 Å². The summed E-state index contributed by atoms with van der Waals surface area (Å²) in [5.74, 6) is 0. The van der Waals surface area contributed by atoms with Gasteiger partial charge in [0, 0.05) is 11.6 Å². The smallest absolute Gasteiger partial charge is 0.0289 e. The van der Waals surface area contributed by atoms with Crippen molar-refractivity contribution in [1.29, 1.82) is 0 Å². The van der Waals surface area contributed by atoms with Gasteiger partial charge >= 0.3 is 0 Å². The SMILES string of the molecule is C=C(C1=C(C)CC(C)(N)CC1)/C(C)=C/c1ccc(C(C)NC)cc1C. The average Bonchev–Trinajstić information content (AvgIpc) is 2.54. The number of nitrogens with two attached hydrogens (primary N) is 1. The normalized spacial score (nSPS) is 22.9. The fourth-order valence-electron chi connectivity index (χ4n) is 3.69. The molecule has 0 heterocycles. The number of hydrogen-bond donors (Lipinski definition) is 2. The minimum Gasteiger partial charge on any atom is -0.325 e. The number of hydrogen-bond acceptors (Lipinski definition) is 2. The predicted octanol–water partition coefficient (Wildman–Crippen LogP) is 5.45. The molecule has 1 aromatic rings. The van der Waals surface area contributed by atoms with Crippen molar-refractivity contribution in [2.24, 2.45) is 5.73 Å². The molecule has 1 aromatic carbocycles. The Kier molecular flexibility index (Phi) is 6.08. The third-order valence-electron chi connectivity index (χ3n) is 5.57. The van der Waals surface area contributed by atoms with Crippen LogP contribution in [0.3, 0.4) is 0 Å². The van der Waals surface area contributed by atoms with Gasteiger partial charge in [-0.3, -0.25) is 0 Å². The number of benzene rings is 1. The maximum absolute atomic E-state index is 6.32. The van der Waals surface area contributed by atoms with E-state index in [0.717, 1.165) is 19.3 Å². The Hall–Kier alpha value is -1.64. The topological polar surface area (TPSA) is 38.0 Å². The van der Waals surface area contributed by atoms with Crippen LogP contribution in [0.15, 0.2) is 47.1 Å². The lowest BCUT2D eigenvalue weighted by Gasteiger charge is -2.32. The highest BCUT2D eigenvalue weighted by atomic mass is 14.8. The van der Waals surface area contributed by atoms with Gasteiger partial charge in [0.25, 0.3) is 0 Å². The van der Waals surface area contributed by atoms with E-state index in [1.165, 1.54) is 39.0 Å². The number of nitrogens with one attached hydrogen (secondary N) is 1. The second-order valence-electron chi connectivity index (χ2n) is 8.02. The Morgan fingerprint density at radius 2 is 2.04 bits per heavy atom. The zero-order valence-electron chi connectivity index (χ0n) is 16.8. The van der Waals surface area contributed by atoms with E-state index < -0.39 is 0 Å². The van der Waals surface area contributed by atoms with Gasteiger partial charge in [-0.15, -0.1) is 0 Å². The molecule has 136 valence electrons. The maximum Gasteiger partial charge on any atom is 0.0289 e. The zero-order chi connectivity index (χ0) is 18.8. The van der Waals surface area contributed by atoms with Crippen molar-refractivity contribution in [3.63, 3.8) is 0 Å². The monoisotopic (exact) mass is 338 g/mol. The third-order valence-corrected chi connectivity index (χ3v) is 5.57. The summed E-state index contributed by atoms with van der Waals surface area (Å²) in [4.78, 5) is 0. The second-order valence-corrected chi connectivity index (χ2v) is 8.02. The summed E-state index contributed by atoms with van der Waals surface area (Å²) >= 11 is 0. The van der Waals surface area contributed by atoms with E-state index in [1.807, 2.05) is 7.05 Å². The van der Waals surface area contributed by atoms with Gasteiger partial charge in [0.15, 0.2) is 0 Å². The fraction of sp³-hybridized carbons (Fsp3) is 0.478. The molecule has 25 heavy (non-hydrogen) atoms. The van der Waals surface area contributed by atoms with Gasteiger partial charge in [-0.05, 0) is 94.3 Å². The van der Waals surface area contributed by atoms with E-state index in [1.54, 1.807) is 0 Å². The van der Waals surface area contributed by atoms with Gasteiger partial charge in [-0.2, -0.15) is 0 Å². The van der Waals surface area contributed by atoms with Crippen molar-refractivity contribution in [1.82, 2.24) is 5.32 Å². The highest BCUT2D eigenvalue weighted by molar-refractivity contribution is 5.64. The first-order chi connectivity index (χ1) is 11.6. The molecule has 1 aliphatic carbocycles. The van der Waals surface area contributed by atoms with Crippen molar-refractivity contribution in [2.45, 2.75) is 65.5 Å². The number of allylic oxidation sites excluding steroid dienone is 3. The molecule has 0 radical (unpaired) electrons. The molecule has 0 saturated heterocycles. The third kappa shape index (κ3) is 4.71. The predicted molar refractivity (Wildman–Crippen MR) is 111 cm³/mol. The molecule has 0 amide bonds. The lowest BCUT2D eigenvalue weighted by molar-refractivity contribution is 0.408. The molecule has 0 saturated carbocycles. The van der Waals surface area contributed by atoms with Crippen molar-refractivity contribution < 1.29 is 0 Å². The summed E-state index contributed by atoms with van der Waals surface area (Å²) in [6, 6.07) is 7.07. The highest BCUT2D eigenvalue weighted by Crippen LogP contribution is 2.36. The van der Waals surface area contributed by atoms with Crippen LogP contribution >= 0.6 is 0 Å². The molecule has 2 atom stereocenters. The Labute approximate surface area is 153 Å². The van der Waals surface area contributed by atoms with E-state index >= 15 is 0 Å². The molecule has 0 spiro atoms. The molecule has 2 unspecified atom stereocenters. The van der Waals surface area contributed by atoms with Crippen LogP contribution in [-0.4, -0.2) is 12.6 Å². The van der Waals surface area contributed by atoms with Crippen LogP contribution in [0.2, 0.25) is 0 Å². The Balaban J connectivity index is 2.25. The average molecular weight is 339 g/mol. The summed E-state index contributed by atoms with van der Waals surface area (Å²) in [7, 11) is 1.99. The van der Waals surface area contributed by atoms with Crippen molar-refractivity contribution >= 4 is 6.08 Å². The number of aryl methyl sites for hydroxylation is 1. The van der Waals surface area contributed by atoms with Crippen LogP contribution in [0, 0.1) is 6.92 Å². The Bertz CT molecular complexity index is 720. The summed E-state index contributed by atoms with van der Waals surface area (Å²) in [5, 5.41) is 3.30. The molecule has 2 heteroatoms. The van der Waals surface area contributed by atoms with Crippen molar-refractivity contribution in [3.05, 3.63) is 63.8 Å². The Morgan fingerprint density at radius 1 is 1.36 bits per heavy atom. The Morgan fingerprint density at radius 3 is 2.60 bits per heavy atom. The first-order valence-corrected chi connectivity index (χ1v) is 9.28. The molecule has 0 bridgehead atoms. The molecular formula is C23H34N2. The van der Waals surface area contributed by atoms with E-state index in [2.05, 4.69) is 70.8 Å². The van der Waals surface area contributed by atoms with Crippen LogP contribution in [0.25, 0.3) is 6.08 Å². The fourth-order valence-corrected chi connectivity index (χ4v) is 3.69. The first kappa shape index (κ1) is 19.7. The van der Waals surface area contributed by atoms with Crippen LogP contribution in [0.4, 0.5) is 0 Å². The van der Waals surface area contributed by atoms with Crippen LogP contribution < -0.4 is 11.1 Å². The van der Waals surface area contributed by atoms with Crippen molar-refractivity contribution in [2.75, 3.05) is 7.05 Å². The molecule has 0 aromatic heterocycles. The van der Waals surface area contributed by atoms with Gasteiger partial charge in [0.2, 0.25) is 0 Å². The van der Waals surface area contributed by atoms with E-state index in [4.69, 9.17) is 5.73 Å². The van der Waals surface area contributed by atoms with Crippen molar-refractivity contribution in [3.8, 4) is 0 Å². The van der Waals surface area contributed by atoms with Gasteiger partial charge in [-0.1, -0.05) is 36.4 Å². The summed E-state index contributed by atoms with van der Waals surface area (Å²) in [6.45, 7) is 15.3. The molecule has 0 aliphatic heterocycles. The van der Waals surface area contributed by atoms with Crippen LogP contribution in [0.5, 0.6) is 0 Å². The summed E-state index contributed by atoms with van der Waals surface area (Å²) in [6.07, 6.45) is 5.29. The minimum atomic E-state index is -0.0676. The van der Waals surface area contributed by atoms with Crippen LogP contribution in [-0.2, 0) is 0 Å². The van der Waals surface area contributed by atoms with E-state index in [0.29, 0.717) is 6.04 Å². The van der Waals surface area contributed by atoms with Gasteiger partial charge in [0.1, 0.15) is 0 Å². The number of rotatable bonds is 5. The second kappa shape index (κ2) is 7.72. The van der Waals surface area contributed by atoms with Gasteiger partial charge in [0.05, 0.1) is 0 Å². The minimum absolute atomic E-state index is 0.0676. The molecule has 2 nitrogen and oxygen atoms in total. The zero-order valence-corrected chi connectivity index (χ0v) is 16.8. The standard InChI is InChI=1S/C23H34N2/c1-15(18(4)22-10-11-23(6,24)14-17(22)3)12-20-8-9-21(13-16(20)2)19(5)25-7/h8-9,12-13,19,25H,4,10-11,14,24H2,1-3,5-7H3/b15-12+. The molecular weight excluding hydrogens is 304 g/mol. The molecule has 0 fully saturated rings.